The van der Waals surface area contributed by atoms with Crippen LogP contribution in [0.2, 0.25) is 0 Å². The fourth-order valence-electron chi connectivity index (χ4n) is 3.84. The van der Waals surface area contributed by atoms with E-state index in [-0.39, 0.29) is 0 Å². The van der Waals surface area contributed by atoms with E-state index in [9.17, 15) is 4.79 Å². The van der Waals surface area contributed by atoms with Crippen LogP contribution in [0.1, 0.15) is 66.2 Å². The Bertz CT molecular complexity index is 583. The maximum absolute atomic E-state index is 10.6. The van der Waals surface area contributed by atoms with Gasteiger partial charge in [0.15, 0.2) is 0 Å². The lowest BCUT2D eigenvalue weighted by molar-refractivity contribution is -0.131. The smallest absolute Gasteiger partial charge is 0.328 e. The molecule has 0 heterocycles. The minimum atomic E-state index is -0.881. The maximum atomic E-state index is 10.6. The molecule has 2 heteroatoms. The summed E-state index contributed by atoms with van der Waals surface area (Å²) in [5.41, 5.74) is 5.78. The minimum Gasteiger partial charge on any atom is -0.478 e. The van der Waals surface area contributed by atoms with Crippen molar-refractivity contribution in [1.82, 2.24) is 0 Å². The Morgan fingerprint density at radius 1 is 1.25 bits per heavy atom. The first kappa shape index (κ1) is 18.8. The first-order valence-corrected chi connectivity index (χ1v) is 9.40. The van der Waals surface area contributed by atoms with Crippen molar-refractivity contribution in [2.75, 3.05) is 0 Å². The lowest BCUT2D eigenvalue weighted by Crippen LogP contribution is -2.11. The number of hydrogen-bond acceptors (Lipinski definition) is 1. The largest absolute Gasteiger partial charge is 0.478 e. The Balaban J connectivity index is 2.07. The summed E-state index contributed by atoms with van der Waals surface area (Å²) in [7, 11) is 0. The molecule has 0 radical (unpaired) electrons. The molecule has 24 heavy (non-hydrogen) atoms. The van der Waals surface area contributed by atoms with E-state index in [1.165, 1.54) is 38.2 Å². The monoisotopic (exact) mass is 328 g/mol. The summed E-state index contributed by atoms with van der Waals surface area (Å²) in [6, 6.07) is 0. The molecular weight excluding hydrogens is 296 g/mol. The quantitative estimate of drug-likeness (QED) is 0.455. The van der Waals surface area contributed by atoms with Gasteiger partial charge in [0.1, 0.15) is 0 Å². The third kappa shape index (κ3) is 5.51. The van der Waals surface area contributed by atoms with E-state index < -0.39 is 5.97 Å². The summed E-state index contributed by atoms with van der Waals surface area (Å²) in [4.78, 5) is 10.6. The van der Waals surface area contributed by atoms with Crippen molar-refractivity contribution in [2.45, 2.75) is 66.2 Å². The third-order valence-electron chi connectivity index (χ3n) is 4.96. The van der Waals surface area contributed by atoms with Crippen LogP contribution in [0.25, 0.3) is 0 Å². The van der Waals surface area contributed by atoms with Crippen molar-refractivity contribution in [3.8, 4) is 0 Å². The summed E-state index contributed by atoms with van der Waals surface area (Å²) in [5.74, 6) is 1.11. The number of carboxylic acid groups (broad SMARTS) is 1. The number of carbonyl (C=O) groups is 1. The molecule has 132 valence electrons. The van der Waals surface area contributed by atoms with Crippen LogP contribution in [0.5, 0.6) is 0 Å². The molecule has 1 atom stereocenters. The van der Waals surface area contributed by atoms with Gasteiger partial charge in [0.2, 0.25) is 0 Å². The van der Waals surface area contributed by atoms with Gasteiger partial charge in [-0.15, -0.1) is 0 Å². The molecule has 1 saturated carbocycles. The van der Waals surface area contributed by atoms with Gasteiger partial charge in [-0.2, -0.15) is 0 Å². The zero-order valence-corrected chi connectivity index (χ0v) is 15.6. The predicted molar refractivity (Wildman–Crippen MR) is 101 cm³/mol. The summed E-state index contributed by atoms with van der Waals surface area (Å²) < 4.78 is 0. The van der Waals surface area contributed by atoms with E-state index in [4.69, 9.17) is 5.11 Å². The van der Waals surface area contributed by atoms with E-state index in [0.29, 0.717) is 11.8 Å². The second kappa shape index (κ2) is 8.50. The third-order valence-corrected chi connectivity index (χ3v) is 4.96. The van der Waals surface area contributed by atoms with Crippen molar-refractivity contribution in [1.29, 1.82) is 0 Å². The second-order valence-corrected chi connectivity index (χ2v) is 7.76. The van der Waals surface area contributed by atoms with Gasteiger partial charge in [0.05, 0.1) is 0 Å². The van der Waals surface area contributed by atoms with Gasteiger partial charge in [0.25, 0.3) is 0 Å². The molecule has 0 spiro atoms. The molecule has 1 unspecified atom stereocenters. The molecule has 2 nitrogen and oxygen atoms in total. The van der Waals surface area contributed by atoms with Crippen LogP contribution in [0.3, 0.4) is 0 Å². The van der Waals surface area contributed by atoms with Crippen molar-refractivity contribution < 1.29 is 9.90 Å². The van der Waals surface area contributed by atoms with Gasteiger partial charge in [-0.25, -0.2) is 4.79 Å². The molecule has 0 aromatic carbocycles. The zero-order chi connectivity index (χ0) is 17.7. The van der Waals surface area contributed by atoms with Crippen molar-refractivity contribution >= 4 is 5.97 Å². The molecule has 0 aromatic heterocycles. The lowest BCUT2D eigenvalue weighted by Gasteiger charge is -2.27. The summed E-state index contributed by atoms with van der Waals surface area (Å²) in [6.07, 6.45) is 15.3. The highest BCUT2D eigenvalue weighted by Crippen LogP contribution is 2.46. The Morgan fingerprint density at radius 3 is 2.54 bits per heavy atom. The van der Waals surface area contributed by atoms with E-state index in [1.54, 1.807) is 16.7 Å². The molecule has 0 amide bonds. The zero-order valence-electron chi connectivity index (χ0n) is 15.6. The Labute approximate surface area is 147 Å². The number of carboxylic acids is 1. The van der Waals surface area contributed by atoms with Crippen LogP contribution < -0.4 is 0 Å². The average molecular weight is 328 g/mol. The first-order valence-electron chi connectivity index (χ1n) is 9.40. The molecule has 2 rings (SSSR count). The molecule has 1 N–H and O–H groups in total. The van der Waals surface area contributed by atoms with Gasteiger partial charge < -0.3 is 5.11 Å². The van der Waals surface area contributed by atoms with Crippen molar-refractivity contribution in [3.05, 3.63) is 46.6 Å². The van der Waals surface area contributed by atoms with E-state index in [1.807, 2.05) is 13.0 Å². The van der Waals surface area contributed by atoms with Gasteiger partial charge in [-0.1, -0.05) is 44.6 Å². The molecule has 0 aromatic rings. The second-order valence-electron chi connectivity index (χ2n) is 7.76. The van der Waals surface area contributed by atoms with Crippen LogP contribution in [0.15, 0.2) is 46.6 Å². The SMILES string of the molecule is CC(=C/C(=O)O)/C=C/CC(C)/C=C1\CCCC(C2CC2)=C1C(C)C. The molecule has 0 bridgehead atoms. The number of aliphatic carboxylic acids is 1. The fourth-order valence-corrected chi connectivity index (χ4v) is 3.84. The highest BCUT2D eigenvalue weighted by atomic mass is 16.4. The maximum Gasteiger partial charge on any atom is 0.328 e. The fraction of sp³-hybridized carbons (Fsp3) is 0.591. The standard InChI is InChI=1S/C22H32O2/c1-15(2)22-19(9-6-10-20(22)18-11-12-18)13-16(3)7-5-8-17(4)14-21(23)24/h5,8,13-16,18H,6-7,9-12H2,1-4H3,(H,23,24)/b8-5+,17-14-,19-13+. The molecule has 0 saturated heterocycles. The molecule has 0 aliphatic heterocycles. The van der Waals surface area contributed by atoms with Crippen LogP contribution in [0, 0.1) is 17.8 Å². The highest BCUT2D eigenvalue weighted by molar-refractivity contribution is 5.81. The minimum absolute atomic E-state index is 0.487. The van der Waals surface area contributed by atoms with Gasteiger partial charge in [-0.3, -0.25) is 0 Å². The lowest BCUT2D eigenvalue weighted by atomic mass is 9.78. The summed E-state index contributed by atoms with van der Waals surface area (Å²) in [6.45, 7) is 8.76. The van der Waals surface area contributed by atoms with Gasteiger partial charge in [0, 0.05) is 6.08 Å². The molecular formula is C22H32O2. The highest BCUT2D eigenvalue weighted by Gasteiger charge is 2.31. The molecule has 1 fully saturated rings. The van der Waals surface area contributed by atoms with Crippen LogP contribution in [-0.4, -0.2) is 11.1 Å². The predicted octanol–water partition coefficient (Wildman–Crippen LogP) is 6.07. The summed E-state index contributed by atoms with van der Waals surface area (Å²) in [5, 5.41) is 8.74. The number of allylic oxidation sites excluding steroid dienone is 7. The van der Waals surface area contributed by atoms with Crippen LogP contribution in [0.4, 0.5) is 0 Å². The van der Waals surface area contributed by atoms with Crippen LogP contribution in [-0.2, 0) is 4.79 Å². The van der Waals surface area contributed by atoms with E-state index >= 15 is 0 Å². The van der Waals surface area contributed by atoms with Crippen molar-refractivity contribution in [2.24, 2.45) is 17.8 Å². The van der Waals surface area contributed by atoms with Gasteiger partial charge in [-0.05, 0) is 79.9 Å². The number of hydrogen-bond donors (Lipinski definition) is 1. The normalized spacial score (nSPS) is 22.7. The van der Waals surface area contributed by atoms with E-state index in [0.717, 1.165) is 17.9 Å². The summed E-state index contributed by atoms with van der Waals surface area (Å²) >= 11 is 0. The van der Waals surface area contributed by atoms with Crippen molar-refractivity contribution in [3.63, 3.8) is 0 Å². The Hall–Kier alpha value is -1.57. The topological polar surface area (TPSA) is 37.3 Å². The Morgan fingerprint density at radius 2 is 1.96 bits per heavy atom. The molecule has 2 aliphatic carbocycles. The number of rotatable bonds is 7. The van der Waals surface area contributed by atoms with Crippen LogP contribution >= 0.6 is 0 Å². The molecule has 2 aliphatic rings. The van der Waals surface area contributed by atoms with Gasteiger partial charge >= 0.3 is 5.97 Å². The Kier molecular flexibility index (Phi) is 6.65. The first-order chi connectivity index (χ1) is 11.4. The van der Waals surface area contributed by atoms with E-state index in [2.05, 4.69) is 32.9 Å². The average Bonchev–Trinajstić information content (AvgIpc) is 3.30.